The van der Waals surface area contributed by atoms with Crippen LogP contribution < -0.4 is 0 Å². The zero-order valence-electron chi connectivity index (χ0n) is 10.1. The molecule has 0 unspecified atom stereocenters. The second kappa shape index (κ2) is 4.66. The second-order valence-electron chi connectivity index (χ2n) is 4.62. The van der Waals surface area contributed by atoms with Crippen LogP contribution in [0.3, 0.4) is 0 Å². The van der Waals surface area contributed by atoms with Gasteiger partial charge in [-0.2, -0.15) is 0 Å². The molecule has 6 heteroatoms. The van der Waals surface area contributed by atoms with E-state index in [4.69, 9.17) is 16.7 Å². The Bertz CT molecular complexity index is 635. The number of carboxylic acid groups (broad SMARTS) is 1. The number of halogens is 1. The number of nitrogens with zero attached hydrogens (tertiary/aromatic N) is 3. The van der Waals surface area contributed by atoms with Gasteiger partial charge in [0.2, 0.25) is 0 Å². The Morgan fingerprint density at radius 3 is 2.79 bits per heavy atom. The molecule has 0 atom stereocenters. The molecule has 2 aromatic rings. The van der Waals surface area contributed by atoms with Crippen LogP contribution in [0.1, 0.15) is 41.6 Å². The van der Waals surface area contributed by atoms with E-state index in [0.717, 1.165) is 24.9 Å². The van der Waals surface area contributed by atoms with Gasteiger partial charge in [-0.1, -0.05) is 24.1 Å². The summed E-state index contributed by atoms with van der Waals surface area (Å²) < 4.78 is 1.60. The molecule has 1 aliphatic carbocycles. The first kappa shape index (κ1) is 12.2. The van der Waals surface area contributed by atoms with Crippen molar-refractivity contribution in [1.82, 2.24) is 14.8 Å². The third-order valence-corrected chi connectivity index (χ3v) is 3.58. The van der Waals surface area contributed by atoms with Gasteiger partial charge in [0.15, 0.2) is 0 Å². The van der Waals surface area contributed by atoms with E-state index in [0.29, 0.717) is 16.8 Å². The van der Waals surface area contributed by atoms with Crippen LogP contribution in [0.15, 0.2) is 24.3 Å². The predicted molar refractivity (Wildman–Crippen MR) is 69.9 cm³/mol. The van der Waals surface area contributed by atoms with Gasteiger partial charge < -0.3 is 5.11 Å². The number of carbonyl (C=O) groups is 1. The Hall–Kier alpha value is -1.88. The zero-order valence-corrected chi connectivity index (χ0v) is 10.8. The van der Waals surface area contributed by atoms with Crippen LogP contribution in [0.2, 0.25) is 5.02 Å². The zero-order chi connectivity index (χ0) is 13.4. The molecule has 1 aliphatic rings. The van der Waals surface area contributed by atoms with Crippen molar-refractivity contribution in [2.45, 2.75) is 25.2 Å². The molecule has 1 fully saturated rings. The van der Waals surface area contributed by atoms with E-state index < -0.39 is 5.97 Å². The smallest absolute Gasteiger partial charge is 0.375 e. The lowest BCUT2D eigenvalue weighted by Gasteiger charge is -2.24. The van der Waals surface area contributed by atoms with Crippen LogP contribution >= 0.6 is 11.6 Å². The maximum absolute atomic E-state index is 11.0. The largest absolute Gasteiger partial charge is 0.475 e. The average molecular weight is 278 g/mol. The van der Waals surface area contributed by atoms with Gasteiger partial charge in [-0.05, 0) is 31.0 Å². The van der Waals surface area contributed by atoms with Crippen molar-refractivity contribution in [2.75, 3.05) is 0 Å². The molecule has 19 heavy (non-hydrogen) atoms. The van der Waals surface area contributed by atoms with Crippen LogP contribution in [0, 0.1) is 0 Å². The number of aromatic carboxylic acids is 1. The first-order chi connectivity index (χ1) is 9.15. The van der Waals surface area contributed by atoms with Gasteiger partial charge in [-0.15, -0.1) is 5.10 Å². The fourth-order valence-corrected chi connectivity index (χ4v) is 2.33. The molecular formula is C13H12ClN3O2. The average Bonchev–Trinajstić information content (AvgIpc) is 2.71. The minimum absolute atomic E-state index is 0.165. The van der Waals surface area contributed by atoms with Gasteiger partial charge in [-0.25, -0.2) is 14.5 Å². The predicted octanol–water partition coefficient (Wildman–Crippen LogP) is 2.89. The summed E-state index contributed by atoms with van der Waals surface area (Å²) in [4.78, 5) is 15.2. The standard InChI is InChI=1S/C13H12ClN3O2/c14-9-5-2-6-10(7-9)17-12(8-3-1-4-8)15-11(16-17)13(18)19/h2,5-8H,1,3-4H2,(H,18,19). The number of hydrogen-bond acceptors (Lipinski definition) is 3. The van der Waals surface area contributed by atoms with E-state index in [1.54, 1.807) is 16.8 Å². The van der Waals surface area contributed by atoms with E-state index in [-0.39, 0.29) is 5.82 Å². The minimum atomic E-state index is -1.11. The van der Waals surface area contributed by atoms with Crippen molar-refractivity contribution in [3.63, 3.8) is 0 Å². The SMILES string of the molecule is O=C(O)c1nc(C2CCC2)n(-c2cccc(Cl)c2)n1. The van der Waals surface area contributed by atoms with Gasteiger partial charge in [0.1, 0.15) is 5.82 Å². The van der Waals surface area contributed by atoms with Gasteiger partial charge in [0.05, 0.1) is 5.69 Å². The molecule has 1 heterocycles. The highest BCUT2D eigenvalue weighted by Gasteiger charge is 2.28. The van der Waals surface area contributed by atoms with Crippen LogP contribution in [0.25, 0.3) is 5.69 Å². The fraction of sp³-hybridized carbons (Fsp3) is 0.308. The Labute approximate surface area is 114 Å². The molecule has 1 N–H and O–H groups in total. The van der Waals surface area contributed by atoms with Crippen molar-refractivity contribution < 1.29 is 9.90 Å². The Balaban J connectivity index is 2.10. The molecule has 0 aliphatic heterocycles. The van der Waals surface area contributed by atoms with E-state index in [1.807, 2.05) is 12.1 Å². The molecule has 3 rings (SSSR count). The highest BCUT2D eigenvalue weighted by molar-refractivity contribution is 6.30. The molecule has 1 saturated carbocycles. The summed E-state index contributed by atoms with van der Waals surface area (Å²) in [7, 11) is 0. The molecule has 0 bridgehead atoms. The Morgan fingerprint density at radius 1 is 1.42 bits per heavy atom. The Kier molecular flexibility index (Phi) is 2.98. The second-order valence-corrected chi connectivity index (χ2v) is 5.05. The highest BCUT2D eigenvalue weighted by Crippen LogP contribution is 2.36. The van der Waals surface area contributed by atoms with E-state index in [9.17, 15) is 4.79 Å². The van der Waals surface area contributed by atoms with Gasteiger partial charge >= 0.3 is 5.97 Å². The molecule has 1 aromatic heterocycles. The number of rotatable bonds is 3. The van der Waals surface area contributed by atoms with Crippen LogP contribution in [0.5, 0.6) is 0 Å². The Morgan fingerprint density at radius 2 is 2.21 bits per heavy atom. The minimum Gasteiger partial charge on any atom is -0.475 e. The molecule has 1 aromatic carbocycles. The summed E-state index contributed by atoms with van der Waals surface area (Å²) in [5.41, 5.74) is 0.745. The summed E-state index contributed by atoms with van der Waals surface area (Å²) in [6.07, 6.45) is 3.20. The van der Waals surface area contributed by atoms with Gasteiger partial charge in [0, 0.05) is 10.9 Å². The van der Waals surface area contributed by atoms with Gasteiger partial charge in [0.25, 0.3) is 5.82 Å². The third-order valence-electron chi connectivity index (χ3n) is 3.35. The lowest BCUT2D eigenvalue weighted by Crippen LogP contribution is -2.15. The number of hydrogen-bond donors (Lipinski definition) is 1. The van der Waals surface area contributed by atoms with E-state index in [1.165, 1.54) is 0 Å². The van der Waals surface area contributed by atoms with Crippen LogP contribution in [-0.4, -0.2) is 25.8 Å². The van der Waals surface area contributed by atoms with E-state index >= 15 is 0 Å². The van der Waals surface area contributed by atoms with Crippen LogP contribution in [-0.2, 0) is 0 Å². The topological polar surface area (TPSA) is 68.0 Å². The van der Waals surface area contributed by atoms with Crippen LogP contribution in [0.4, 0.5) is 0 Å². The highest BCUT2D eigenvalue weighted by atomic mass is 35.5. The molecule has 98 valence electrons. The van der Waals surface area contributed by atoms with E-state index in [2.05, 4.69) is 10.1 Å². The third kappa shape index (κ3) is 2.21. The molecule has 0 spiro atoms. The maximum atomic E-state index is 11.0. The number of benzene rings is 1. The van der Waals surface area contributed by atoms with Crippen molar-refractivity contribution >= 4 is 17.6 Å². The summed E-state index contributed by atoms with van der Waals surface area (Å²) in [6.45, 7) is 0. The molecule has 5 nitrogen and oxygen atoms in total. The summed E-state index contributed by atoms with van der Waals surface area (Å²) in [5, 5.41) is 13.7. The van der Waals surface area contributed by atoms with Crippen molar-refractivity contribution in [3.8, 4) is 5.69 Å². The summed E-state index contributed by atoms with van der Waals surface area (Å²) in [6, 6.07) is 7.17. The maximum Gasteiger partial charge on any atom is 0.375 e. The monoisotopic (exact) mass is 277 g/mol. The van der Waals surface area contributed by atoms with Crippen molar-refractivity contribution in [3.05, 3.63) is 40.9 Å². The number of carboxylic acids is 1. The molecule has 0 amide bonds. The molecular weight excluding hydrogens is 266 g/mol. The fourth-order valence-electron chi connectivity index (χ4n) is 2.14. The van der Waals surface area contributed by atoms with Gasteiger partial charge in [-0.3, -0.25) is 0 Å². The van der Waals surface area contributed by atoms with Crippen molar-refractivity contribution in [1.29, 1.82) is 0 Å². The molecule has 0 radical (unpaired) electrons. The number of aromatic nitrogens is 3. The quantitative estimate of drug-likeness (QED) is 0.937. The lowest BCUT2D eigenvalue weighted by molar-refractivity contribution is 0.0683. The summed E-state index contributed by atoms with van der Waals surface area (Å²) in [5.74, 6) is -0.270. The first-order valence-corrected chi connectivity index (χ1v) is 6.49. The first-order valence-electron chi connectivity index (χ1n) is 6.11. The van der Waals surface area contributed by atoms with Crippen molar-refractivity contribution in [2.24, 2.45) is 0 Å². The summed E-state index contributed by atoms with van der Waals surface area (Å²) >= 11 is 5.97. The normalized spacial score (nSPS) is 15.2. The lowest BCUT2D eigenvalue weighted by atomic mass is 9.85. The molecule has 0 saturated heterocycles.